The van der Waals surface area contributed by atoms with Crippen LogP contribution in [0.15, 0.2) is 54.2 Å². The van der Waals surface area contributed by atoms with E-state index in [2.05, 4.69) is 15.3 Å². The van der Waals surface area contributed by atoms with Crippen molar-refractivity contribution in [2.24, 2.45) is 0 Å². The zero-order valence-electron chi connectivity index (χ0n) is 11.8. The number of amides is 1. The first-order chi connectivity index (χ1) is 11.1. The molecular formula is C16H12ClN3O2S. The summed E-state index contributed by atoms with van der Waals surface area (Å²) in [6.45, 7) is 0. The average Bonchev–Trinajstić information content (AvgIpc) is 3.04. The van der Waals surface area contributed by atoms with Gasteiger partial charge in [-0.25, -0.2) is 4.98 Å². The van der Waals surface area contributed by atoms with E-state index in [4.69, 9.17) is 11.6 Å². The Hall–Kier alpha value is -2.28. The molecule has 23 heavy (non-hydrogen) atoms. The number of aliphatic hydroxyl groups is 1. The number of aromatic nitrogens is 2. The van der Waals surface area contributed by atoms with Crippen molar-refractivity contribution in [3.05, 3.63) is 64.8 Å². The van der Waals surface area contributed by atoms with Crippen LogP contribution in [0.3, 0.4) is 0 Å². The van der Waals surface area contributed by atoms with Gasteiger partial charge < -0.3 is 5.11 Å². The molecule has 2 aromatic heterocycles. The molecule has 1 unspecified atom stereocenters. The highest BCUT2D eigenvalue weighted by atomic mass is 35.5. The topological polar surface area (TPSA) is 75.1 Å². The van der Waals surface area contributed by atoms with E-state index in [0.29, 0.717) is 15.7 Å². The first-order valence-electron chi connectivity index (χ1n) is 6.74. The maximum Gasteiger partial charge on any atom is 0.259 e. The molecule has 0 radical (unpaired) electrons. The quantitative estimate of drug-likeness (QED) is 0.758. The summed E-state index contributed by atoms with van der Waals surface area (Å²) in [7, 11) is 0. The van der Waals surface area contributed by atoms with Crippen LogP contribution in [0.2, 0.25) is 5.02 Å². The first kappa shape index (κ1) is 15.6. The minimum Gasteiger partial charge on any atom is -0.378 e. The Morgan fingerprint density at radius 2 is 1.87 bits per heavy atom. The largest absolute Gasteiger partial charge is 0.378 e. The van der Waals surface area contributed by atoms with Gasteiger partial charge in [-0.2, -0.15) is 0 Å². The number of carbonyl (C=O) groups is 1. The van der Waals surface area contributed by atoms with Crippen LogP contribution < -0.4 is 5.32 Å². The lowest BCUT2D eigenvalue weighted by Crippen LogP contribution is -2.20. The van der Waals surface area contributed by atoms with Crippen molar-refractivity contribution in [1.82, 2.24) is 9.97 Å². The minimum atomic E-state index is -1.28. The van der Waals surface area contributed by atoms with E-state index in [1.54, 1.807) is 36.7 Å². The Morgan fingerprint density at radius 1 is 1.17 bits per heavy atom. The summed E-state index contributed by atoms with van der Waals surface area (Å²) in [5.74, 6) is -0.539. The zero-order valence-corrected chi connectivity index (χ0v) is 13.4. The Labute approximate surface area is 141 Å². The van der Waals surface area contributed by atoms with Gasteiger partial charge in [0, 0.05) is 28.4 Å². The second kappa shape index (κ2) is 6.87. The molecule has 3 aromatic rings. The Bertz CT molecular complexity index is 806. The summed E-state index contributed by atoms with van der Waals surface area (Å²) < 4.78 is 0. The number of anilines is 1. The SMILES string of the molecule is O=C(Nc1nc(-c2ccncc2)cs1)C(O)c1ccc(Cl)cc1. The maximum atomic E-state index is 12.1. The van der Waals surface area contributed by atoms with Gasteiger partial charge in [0.25, 0.3) is 5.91 Å². The highest BCUT2D eigenvalue weighted by molar-refractivity contribution is 7.14. The molecule has 1 atom stereocenters. The first-order valence-corrected chi connectivity index (χ1v) is 7.99. The molecule has 7 heteroatoms. The van der Waals surface area contributed by atoms with E-state index < -0.39 is 12.0 Å². The number of hydrogen-bond donors (Lipinski definition) is 2. The summed E-state index contributed by atoms with van der Waals surface area (Å²) in [5, 5.41) is 15.5. The molecule has 116 valence electrons. The minimum absolute atomic E-state index is 0.426. The molecule has 0 aliphatic carbocycles. The van der Waals surface area contributed by atoms with Crippen molar-refractivity contribution in [2.45, 2.75) is 6.10 Å². The summed E-state index contributed by atoms with van der Waals surface area (Å²) >= 11 is 7.08. The van der Waals surface area contributed by atoms with Gasteiger partial charge in [-0.05, 0) is 29.8 Å². The van der Waals surface area contributed by atoms with Gasteiger partial charge >= 0.3 is 0 Å². The van der Waals surface area contributed by atoms with Gasteiger partial charge in [-0.15, -0.1) is 11.3 Å². The molecule has 0 bridgehead atoms. The predicted octanol–water partition coefficient (Wildman–Crippen LogP) is 3.53. The summed E-state index contributed by atoms with van der Waals surface area (Å²) in [6.07, 6.45) is 2.08. The molecule has 3 rings (SSSR count). The molecule has 0 spiro atoms. The van der Waals surface area contributed by atoms with Crippen LogP contribution in [0.1, 0.15) is 11.7 Å². The number of benzene rings is 1. The molecule has 0 saturated heterocycles. The average molecular weight is 346 g/mol. The van der Waals surface area contributed by atoms with Crippen molar-refractivity contribution >= 4 is 34.0 Å². The fraction of sp³-hybridized carbons (Fsp3) is 0.0625. The van der Waals surface area contributed by atoms with E-state index in [0.717, 1.165) is 11.3 Å². The van der Waals surface area contributed by atoms with Crippen LogP contribution in [0, 0.1) is 0 Å². The zero-order chi connectivity index (χ0) is 16.2. The maximum absolute atomic E-state index is 12.1. The summed E-state index contributed by atoms with van der Waals surface area (Å²) in [6, 6.07) is 10.1. The normalized spacial score (nSPS) is 11.9. The molecule has 1 amide bonds. The van der Waals surface area contributed by atoms with Crippen LogP contribution in [0.4, 0.5) is 5.13 Å². The standard InChI is InChI=1S/C16H12ClN3O2S/c17-12-3-1-11(2-4-12)14(21)15(22)20-16-19-13(9-23-16)10-5-7-18-8-6-10/h1-9,14,21H,(H,19,20,22). The molecule has 1 aromatic carbocycles. The summed E-state index contributed by atoms with van der Waals surface area (Å²) in [4.78, 5) is 20.4. The Kier molecular flexibility index (Phi) is 4.66. The van der Waals surface area contributed by atoms with Crippen molar-refractivity contribution in [1.29, 1.82) is 0 Å². The number of hydrogen-bond acceptors (Lipinski definition) is 5. The lowest BCUT2D eigenvalue weighted by Gasteiger charge is -2.10. The monoisotopic (exact) mass is 345 g/mol. The number of nitrogens with one attached hydrogen (secondary N) is 1. The van der Waals surface area contributed by atoms with Gasteiger partial charge in [0.05, 0.1) is 5.69 Å². The van der Waals surface area contributed by atoms with Crippen LogP contribution in [0.25, 0.3) is 11.3 Å². The van der Waals surface area contributed by atoms with Gasteiger partial charge in [0.1, 0.15) is 0 Å². The molecule has 2 N–H and O–H groups in total. The van der Waals surface area contributed by atoms with E-state index in [-0.39, 0.29) is 0 Å². The number of pyridine rings is 1. The van der Waals surface area contributed by atoms with Crippen molar-refractivity contribution in [2.75, 3.05) is 5.32 Å². The van der Waals surface area contributed by atoms with Gasteiger partial charge in [0.2, 0.25) is 0 Å². The number of aliphatic hydroxyl groups excluding tert-OH is 1. The number of thiazole rings is 1. The molecule has 0 aliphatic heterocycles. The third-order valence-corrected chi connectivity index (χ3v) is 4.15. The second-order valence-corrected chi connectivity index (χ2v) is 6.01. The Balaban J connectivity index is 1.71. The third-order valence-electron chi connectivity index (χ3n) is 3.14. The van der Waals surface area contributed by atoms with Crippen LogP contribution >= 0.6 is 22.9 Å². The number of halogens is 1. The van der Waals surface area contributed by atoms with Crippen LogP contribution in [-0.2, 0) is 4.79 Å². The predicted molar refractivity (Wildman–Crippen MR) is 90.4 cm³/mol. The van der Waals surface area contributed by atoms with Gasteiger partial charge in [-0.1, -0.05) is 23.7 Å². The van der Waals surface area contributed by atoms with Crippen LogP contribution in [0.5, 0.6) is 0 Å². The fourth-order valence-corrected chi connectivity index (χ4v) is 2.81. The van der Waals surface area contributed by atoms with E-state index in [1.165, 1.54) is 11.3 Å². The van der Waals surface area contributed by atoms with E-state index in [9.17, 15) is 9.90 Å². The van der Waals surface area contributed by atoms with Crippen molar-refractivity contribution in [3.63, 3.8) is 0 Å². The molecule has 0 aliphatic rings. The number of rotatable bonds is 4. The smallest absolute Gasteiger partial charge is 0.259 e. The molecule has 5 nitrogen and oxygen atoms in total. The number of nitrogens with zero attached hydrogens (tertiary/aromatic N) is 2. The van der Waals surface area contributed by atoms with Crippen molar-refractivity contribution in [3.8, 4) is 11.3 Å². The van der Waals surface area contributed by atoms with Crippen molar-refractivity contribution < 1.29 is 9.90 Å². The van der Waals surface area contributed by atoms with E-state index >= 15 is 0 Å². The van der Waals surface area contributed by atoms with Gasteiger partial charge in [0.15, 0.2) is 11.2 Å². The lowest BCUT2D eigenvalue weighted by atomic mass is 10.1. The second-order valence-electron chi connectivity index (χ2n) is 4.72. The fourth-order valence-electron chi connectivity index (χ4n) is 1.96. The summed E-state index contributed by atoms with van der Waals surface area (Å²) in [5.41, 5.74) is 2.13. The van der Waals surface area contributed by atoms with Gasteiger partial charge in [-0.3, -0.25) is 15.1 Å². The molecule has 0 saturated carbocycles. The van der Waals surface area contributed by atoms with E-state index in [1.807, 2.05) is 17.5 Å². The molecule has 2 heterocycles. The molecular weight excluding hydrogens is 334 g/mol. The highest BCUT2D eigenvalue weighted by Crippen LogP contribution is 2.25. The third kappa shape index (κ3) is 3.73. The lowest BCUT2D eigenvalue weighted by molar-refractivity contribution is -0.124. The van der Waals surface area contributed by atoms with Crippen LogP contribution in [-0.4, -0.2) is 21.0 Å². The highest BCUT2D eigenvalue weighted by Gasteiger charge is 2.18. The number of carbonyl (C=O) groups excluding carboxylic acids is 1. The Morgan fingerprint density at radius 3 is 2.57 bits per heavy atom. The molecule has 0 fully saturated rings.